The van der Waals surface area contributed by atoms with E-state index < -0.39 is 10.8 Å². The van der Waals surface area contributed by atoms with E-state index in [1.807, 2.05) is 0 Å². The van der Waals surface area contributed by atoms with Crippen LogP contribution in [0.1, 0.15) is 22.3 Å². The predicted octanol–water partition coefficient (Wildman–Crippen LogP) is 0.634. The average molecular weight is 232 g/mol. The fraction of sp³-hybridized carbons (Fsp3) is 0.0909. The number of aldehydes is 1. The first-order valence-electron chi connectivity index (χ1n) is 4.55. The third-order valence-corrected chi connectivity index (χ3v) is 1.78. The number of primary amides is 1. The molecular formula is C11H8N2O4. The van der Waals surface area contributed by atoms with E-state index in [4.69, 9.17) is 5.73 Å². The van der Waals surface area contributed by atoms with Crippen molar-refractivity contribution in [1.82, 2.24) is 0 Å². The topological polar surface area (TPSA) is 103 Å². The smallest absolute Gasteiger partial charge is 0.271 e. The van der Waals surface area contributed by atoms with Gasteiger partial charge in [-0.25, -0.2) is 0 Å². The summed E-state index contributed by atoms with van der Waals surface area (Å²) >= 11 is 0. The molecule has 0 spiro atoms. The van der Waals surface area contributed by atoms with Crippen LogP contribution in [0.5, 0.6) is 0 Å². The van der Waals surface area contributed by atoms with Gasteiger partial charge in [0.1, 0.15) is 6.29 Å². The van der Waals surface area contributed by atoms with E-state index in [2.05, 4.69) is 11.8 Å². The van der Waals surface area contributed by atoms with Crippen molar-refractivity contribution in [3.05, 3.63) is 39.4 Å². The maximum atomic E-state index is 10.6. The molecule has 0 aromatic heterocycles. The maximum absolute atomic E-state index is 10.6. The predicted molar refractivity (Wildman–Crippen MR) is 59.2 cm³/mol. The summed E-state index contributed by atoms with van der Waals surface area (Å²) in [6.07, 6.45) is 0.353. The number of non-ortho nitro benzene ring substituents is 1. The van der Waals surface area contributed by atoms with Gasteiger partial charge in [-0.05, 0) is 6.07 Å². The van der Waals surface area contributed by atoms with E-state index in [-0.39, 0.29) is 17.7 Å². The van der Waals surface area contributed by atoms with Gasteiger partial charge in [-0.2, -0.15) is 0 Å². The standard InChI is InChI=1S/C11H8N2O4/c12-11(15)3-1-2-8-4-9(7-14)6-10(5-8)13(16)17/h4-7H,3H2,(H2,12,15). The maximum Gasteiger partial charge on any atom is 0.271 e. The number of hydrogen-bond acceptors (Lipinski definition) is 4. The molecule has 0 heterocycles. The zero-order valence-corrected chi connectivity index (χ0v) is 8.67. The lowest BCUT2D eigenvalue weighted by atomic mass is 10.1. The fourth-order valence-electron chi connectivity index (χ4n) is 1.11. The minimum absolute atomic E-state index is 0.140. The second kappa shape index (κ2) is 5.42. The Morgan fingerprint density at radius 2 is 2.18 bits per heavy atom. The van der Waals surface area contributed by atoms with Gasteiger partial charge in [0.25, 0.3) is 5.69 Å². The summed E-state index contributed by atoms with van der Waals surface area (Å²) in [5.41, 5.74) is 5.11. The molecule has 6 nitrogen and oxygen atoms in total. The lowest BCUT2D eigenvalue weighted by molar-refractivity contribution is -0.384. The summed E-state index contributed by atoms with van der Waals surface area (Å²) < 4.78 is 0. The van der Waals surface area contributed by atoms with Gasteiger partial charge >= 0.3 is 0 Å². The van der Waals surface area contributed by atoms with E-state index in [0.717, 1.165) is 6.07 Å². The minimum Gasteiger partial charge on any atom is -0.369 e. The normalized spacial score (nSPS) is 8.94. The highest BCUT2D eigenvalue weighted by molar-refractivity contribution is 5.78. The number of benzene rings is 1. The first kappa shape index (κ1) is 12.4. The number of carbonyl (C=O) groups is 2. The van der Waals surface area contributed by atoms with E-state index in [9.17, 15) is 19.7 Å². The van der Waals surface area contributed by atoms with Crippen molar-refractivity contribution in [2.75, 3.05) is 0 Å². The number of hydrogen-bond donors (Lipinski definition) is 1. The number of nitro groups is 1. The molecule has 86 valence electrons. The molecule has 6 heteroatoms. The first-order valence-corrected chi connectivity index (χ1v) is 4.55. The summed E-state index contributed by atoms with van der Waals surface area (Å²) in [5, 5.41) is 10.6. The molecule has 0 bridgehead atoms. The quantitative estimate of drug-likeness (QED) is 0.357. The van der Waals surface area contributed by atoms with E-state index in [0.29, 0.717) is 11.8 Å². The van der Waals surface area contributed by atoms with Crippen LogP contribution in [0.2, 0.25) is 0 Å². The molecule has 0 radical (unpaired) electrons. The summed E-state index contributed by atoms with van der Waals surface area (Å²) in [5.74, 6) is 4.40. The van der Waals surface area contributed by atoms with Gasteiger partial charge in [0.05, 0.1) is 11.3 Å². The zero-order chi connectivity index (χ0) is 12.8. The van der Waals surface area contributed by atoms with Crippen molar-refractivity contribution in [2.45, 2.75) is 6.42 Å². The van der Waals surface area contributed by atoms with E-state index in [1.165, 1.54) is 12.1 Å². The van der Waals surface area contributed by atoms with E-state index in [1.54, 1.807) is 0 Å². The Labute approximate surface area is 96.6 Å². The number of amides is 1. The van der Waals surface area contributed by atoms with Crippen molar-refractivity contribution in [2.24, 2.45) is 5.73 Å². The lowest BCUT2D eigenvalue weighted by Crippen LogP contribution is -2.08. The Balaban J connectivity index is 3.09. The van der Waals surface area contributed by atoms with Crippen LogP contribution in [0.4, 0.5) is 5.69 Å². The first-order chi connectivity index (χ1) is 8.02. The number of carbonyl (C=O) groups excluding carboxylic acids is 2. The molecule has 0 unspecified atom stereocenters. The van der Waals surface area contributed by atoms with Crippen LogP contribution in [0.25, 0.3) is 0 Å². The van der Waals surface area contributed by atoms with Gasteiger partial charge in [0.15, 0.2) is 0 Å². The molecule has 17 heavy (non-hydrogen) atoms. The molecule has 2 N–H and O–H groups in total. The van der Waals surface area contributed by atoms with Gasteiger partial charge in [0, 0.05) is 23.3 Å². The largest absolute Gasteiger partial charge is 0.369 e. The van der Waals surface area contributed by atoms with E-state index >= 15 is 0 Å². The molecule has 0 aliphatic rings. The van der Waals surface area contributed by atoms with Crippen LogP contribution in [0.3, 0.4) is 0 Å². The van der Waals surface area contributed by atoms with Gasteiger partial charge in [-0.1, -0.05) is 11.8 Å². The summed E-state index contributed by atoms with van der Waals surface area (Å²) in [6.45, 7) is 0. The average Bonchev–Trinajstić information content (AvgIpc) is 2.28. The molecule has 0 atom stereocenters. The van der Waals surface area contributed by atoms with Gasteiger partial charge in [-0.3, -0.25) is 19.7 Å². The molecule has 0 saturated carbocycles. The second-order valence-corrected chi connectivity index (χ2v) is 3.13. The van der Waals surface area contributed by atoms with Crippen molar-refractivity contribution in [3.8, 4) is 11.8 Å². The van der Waals surface area contributed by atoms with Crippen molar-refractivity contribution in [3.63, 3.8) is 0 Å². The molecule has 1 rings (SSSR count). The lowest BCUT2D eigenvalue weighted by Gasteiger charge is -1.95. The highest BCUT2D eigenvalue weighted by atomic mass is 16.6. The van der Waals surface area contributed by atoms with Crippen LogP contribution < -0.4 is 5.73 Å². The van der Waals surface area contributed by atoms with Crippen molar-refractivity contribution in [1.29, 1.82) is 0 Å². The molecule has 0 saturated heterocycles. The number of nitro benzene ring substituents is 1. The summed E-state index contributed by atoms with van der Waals surface area (Å²) in [6, 6.07) is 3.77. The molecule has 1 aromatic carbocycles. The molecular weight excluding hydrogens is 224 g/mol. The number of nitrogens with zero attached hydrogens (tertiary/aromatic N) is 1. The van der Waals surface area contributed by atoms with Crippen molar-refractivity contribution < 1.29 is 14.5 Å². The van der Waals surface area contributed by atoms with Crippen LogP contribution in [0.15, 0.2) is 18.2 Å². The third kappa shape index (κ3) is 3.76. The van der Waals surface area contributed by atoms with Gasteiger partial charge in [-0.15, -0.1) is 0 Å². The van der Waals surface area contributed by atoms with Gasteiger partial charge < -0.3 is 5.73 Å². The highest BCUT2D eigenvalue weighted by Crippen LogP contribution is 2.15. The third-order valence-electron chi connectivity index (χ3n) is 1.78. The summed E-state index contributed by atoms with van der Waals surface area (Å²) in [4.78, 5) is 31.0. The van der Waals surface area contributed by atoms with Gasteiger partial charge in [0.2, 0.25) is 5.91 Å². The Kier molecular flexibility index (Phi) is 3.95. The second-order valence-electron chi connectivity index (χ2n) is 3.13. The van der Waals surface area contributed by atoms with Crippen LogP contribution >= 0.6 is 0 Å². The Hall–Kier alpha value is -2.68. The van der Waals surface area contributed by atoms with Crippen molar-refractivity contribution >= 4 is 17.9 Å². The highest BCUT2D eigenvalue weighted by Gasteiger charge is 2.08. The molecule has 0 aliphatic carbocycles. The van der Waals surface area contributed by atoms with Crippen LogP contribution in [0, 0.1) is 22.0 Å². The SMILES string of the molecule is NC(=O)CC#Cc1cc(C=O)cc([N+](=O)[O-])c1. The monoisotopic (exact) mass is 232 g/mol. The molecule has 0 aliphatic heterocycles. The number of nitrogens with two attached hydrogens (primary N) is 1. The minimum atomic E-state index is -0.619. The molecule has 1 aromatic rings. The Bertz CT molecular complexity index is 540. The molecule has 1 amide bonds. The summed E-state index contributed by atoms with van der Waals surface area (Å²) in [7, 11) is 0. The molecule has 0 fully saturated rings. The fourth-order valence-corrected chi connectivity index (χ4v) is 1.11. The Morgan fingerprint density at radius 1 is 1.47 bits per heavy atom. The zero-order valence-electron chi connectivity index (χ0n) is 8.67. The van der Waals surface area contributed by atoms with Crippen LogP contribution in [-0.2, 0) is 4.79 Å². The number of rotatable bonds is 3. The Morgan fingerprint density at radius 3 is 2.71 bits per heavy atom. The van der Waals surface area contributed by atoms with Crippen LogP contribution in [-0.4, -0.2) is 17.1 Å².